The van der Waals surface area contributed by atoms with Crippen molar-refractivity contribution in [3.05, 3.63) is 36.4 Å². The van der Waals surface area contributed by atoms with Gasteiger partial charge in [-0.1, -0.05) is 18.2 Å². The highest BCUT2D eigenvalue weighted by Gasteiger charge is 2.18. The molecule has 2 rings (SSSR count). The molecular formula is C12H13NO2. The van der Waals surface area contributed by atoms with Crippen LogP contribution in [0.25, 0.3) is 0 Å². The summed E-state index contributed by atoms with van der Waals surface area (Å²) in [5, 5.41) is 12.0. The van der Waals surface area contributed by atoms with Crippen molar-refractivity contribution in [1.29, 1.82) is 0 Å². The van der Waals surface area contributed by atoms with E-state index >= 15 is 0 Å². The first-order chi connectivity index (χ1) is 7.25. The number of benzene rings is 1. The minimum atomic E-state index is 0.0191. The third kappa shape index (κ3) is 2.37. The summed E-state index contributed by atoms with van der Waals surface area (Å²) in [5.41, 5.74) is 0.645. The molecule has 0 aromatic heterocycles. The molecule has 78 valence electrons. The standard InChI is InChI=1S/C12H13NO2/c14-11-7-3-6-10(8-11)13-12(15)9-4-1-2-5-9/h1-3,6-9,14H,4-5H2,(H,13,15). The summed E-state index contributed by atoms with van der Waals surface area (Å²) in [6.45, 7) is 0. The first-order valence-electron chi connectivity index (χ1n) is 5.00. The Morgan fingerprint density at radius 2 is 2.07 bits per heavy atom. The van der Waals surface area contributed by atoms with Gasteiger partial charge in [0.15, 0.2) is 0 Å². The van der Waals surface area contributed by atoms with Crippen LogP contribution in [0.2, 0.25) is 0 Å². The molecule has 1 aromatic carbocycles. The fourth-order valence-corrected chi connectivity index (χ4v) is 1.66. The smallest absolute Gasteiger partial charge is 0.228 e. The van der Waals surface area contributed by atoms with Gasteiger partial charge in [-0.3, -0.25) is 4.79 Å². The minimum absolute atomic E-state index is 0.0191. The van der Waals surface area contributed by atoms with Gasteiger partial charge in [0, 0.05) is 17.7 Å². The number of aromatic hydroxyl groups is 1. The summed E-state index contributed by atoms with van der Waals surface area (Å²) in [5.74, 6) is 0.232. The van der Waals surface area contributed by atoms with E-state index in [9.17, 15) is 9.90 Å². The van der Waals surface area contributed by atoms with Crippen LogP contribution in [-0.2, 0) is 4.79 Å². The zero-order valence-electron chi connectivity index (χ0n) is 8.31. The molecule has 0 atom stereocenters. The first kappa shape index (κ1) is 9.77. The second-order valence-corrected chi connectivity index (χ2v) is 3.68. The van der Waals surface area contributed by atoms with E-state index in [4.69, 9.17) is 0 Å². The molecule has 0 aliphatic heterocycles. The fraction of sp³-hybridized carbons (Fsp3) is 0.250. The van der Waals surface area contributed by atoms with Crippen LogP contribution in [0.5, 0.6) is 5.75 Å². The van der Waals surface area contributed by atoms with Gasteiger partial charge in [0.05, 0.1) is 0 Å². The van der Waals surface area contributed by atoms with E-state index in [1.807, 2.05) is 12.2 Å². The lowest BCUT2D eigenvalue weighted by Crippen LogP contribution is -2.20. The molecule has 1 amide bonds. The predicted octanol–water partition coefficient (Wildman–Crippen LogP) is 2.30. The molecule has 0 heterocycles. The van der Waals surface area contributed by atoms with Gasteiger partial charge in [-0.15, -0.1) is 0 Å². The van der Waals surface area contributed by atoms with Crippen LogP contribution in [-0.4, -0.2) is 11.0 Å². The summed E-state index contributed by atoms with van der Waals surface area (Å²) in [6, 6.07) is 6.59. The molecule has 0 fully saturated rings. The number of hydrogen-bond acceptors (Lipinski definition) is 2. The Kier molecular flexibility index (Phi) is 2.72. The molecule has 0 saturated heterocycles. The highest BCUT2D eigenvalue weighted by molar-refractivity contribution is 5.93. The zero-order valence-corrected chi connectivity index (χ0v) is 8.31. The summed E-state index contributed by atoms with van der Waals surface area (Å²) in [4.78, 5) is 11.7. The van der Waals surface area contributed by atoms with E-state index in [0.717, 1.165) is 12.8 Å². The Morgan fingerprint density at radius 1 is 1.33 bits per heavy atom. The maximum Gasteiger partial charge on any atom is 0.228 e. The van der Waals surface area contributed by atoms with Crippen LogP contribution < -0.4 is 5.32 Å². The number of rotatable bonds is 2. The quantitative estimate of drug-likeness (QED) is 0.724. The van der Waals surface area contributed by atoms with E-state index in [1.54, 1.807) is 24.3 Å². The third-order valence-corrected chi connectivity index (χ3v) is 2.49. The zero-order chi connectivity index (χ0) is 10.7. The van der Waals surface area contributed by atoms with Crippen LogP contribution in [0.15, 0.2) is 36.4 Å². The molecule has 0 unspecified atom stereocenters. The Labute approximate surface area is 88.4 Å². The normalized spacial score (nSPS) is 15.5. The molecule has 0 spiro atoms. The number of phenols is 1. The van der Waals surface area contributed by atoms with Crippen LogP contribution >= 0.6 is 0 Å². The molecule has 1 aromatic rings. The number of phenolic OH excluding ortho intramolecular Hbond substituents is 1. The molecule has 3 nitrogen and oxygen atoms in total. The monoisotopic (exact) mass is 203 g/mol. The van der Waals surface area contributed by atoms with Crippen LogP contribution in [0.4, 0.5) is 5.69 Å². The number of amides is 1. The van der Waals surface area contributed by atoms with E-state index in [0.29, 0.717) is 5.69 Å². The van der Waals surface area contributed by atoms with Crippen LogP contribution in [0.3, 0.4) is 0 Å². The van der Waals surface area contributed by atoms with Crippen molar-refractivity contribution in [3.63, 3.8) is 0 Å². The lowest BCUT2D eigenvalue weighted by molar-refractivity contribution is -0.119. The van der Waals surface area contributed by atoms with Gasteiger partial charge in [-0.05, 0) is 25.0 Å². The van der Waals surface area contributed by atoms with Crippen molar-refractivity contribution in [2.24, 2.45) is 5.92 Å². The Hall–Kier alpha value is -1.77. The number of hydrogen-bond donors (Lipinski definition) is 2. The molecule has 15 heavy (non-hydrogen) atoms. The van der Waals surface area contributed by atoms with Gasteiger partial charge in [-0.25, -0.2) is 0 Å². The Morgan fingerprint density at radius 3 is 2.73 bits per heavy atom. The van der Waals surface area contributed by atoms with Crippen LogP contribution in [0.1, 0.15) is 12.8 Å². The van der Waals surface area contributed by atoms with Gasteiger partial charge in [-0.2, -0.15) is 0 Å². The van der Waals surface area contributed by atoms with Gasteiger partial charge in [0.2, 0.25) is 5.91 Å². The number of nitrogens with one attached hydrogen (secondary N) is 1. The molecule has 0 saturated carbocycles. The largest absolute Gasteiger partial charge is 0.508 e. The molecule has 1 aliphatic rings. The first-order valence-corrected chi connectivity index (χ1v) is 5.00. The van der Waals surface area contributed by atoms with Crippen LogP contribution in [0, 0.1) is 5.92 Å². The highest BCUT2D eigenvalue weighted by atomic mass is 16.3. The second kappa shape index (κ2) is 4.17. The molecule has 1 aliphatic carbocycles. The number of carbonyl (C=O) groups excluding carboxylic acids is 1. The van der Waals surface area contributed by atoms with E-state index in [1.165, 1.54) is 0 Å². The fourth-order valence-electron chi connectivity index (χ4n) is 1.66. The second-order valence-electron chi connectivity index (χ2n) is 3.68. The van der Waals surface area contributed by atoms with Gasteiger partial charge >= 0.3 is 0 Å². The molecule has 0 bridgehead atoms. The summed E-state index contributed by atoms with van der Waals surface area (Å²) in [6.07, 6.45) is 5.66. The topological polar surface area (TPSA) is 49.3 Å². The van der Waals surface area contributed by atoms with Crippen molar-refractivity contribution in [1.82, 2.24) is 0 Å². The van der Waals surface area contributed by atoms with Crippen molar-refractivity contribution in [2.75, 3.05) is 5.32 Å². The Balaban J connectivity index is 1.99. The molecular weight excluding hydrogens is 190 g/mol. The maximum absolute atomic E-state index is 11.7. The Bertz CT molecular complexity index is 390. The molecule has 2 N–H and O–H groups in total. The average molecular weight is 203 g/mol. The lowest BCUT2D eigenvalue weighted by atomic mass is 10.1. The summed E-state index contributed by atoms with van der Waals surface area (Å²) >= 11 is 0. The van der Waals surface area contributed by atoms with E-state index in [2.05, 4.69) is 5.32 Å². The van der Waals surface area contributed by atoms with Gasteiger partial charge < -0.3 is 10.4 Å². The predicted molar refractivity (Wildman–Crippen MR) is 58.6 cm³/mol. The average Bonchev–Trinajstić information content (AvgIpc) is 2.70. The van der Waals surface area contributed by atoms with Gasteiger partial charge in [0.25, 0.3) is 0 Å². The maximum atomic E-state index is 11.7. The van der Waals surface area contributed by atoms with Crippen molar-refractivity contribution in [3.8, 4) is 5.75 Å². The van der Waals surface area contributed by atoms with Crippen molar-refractivity contribution >= 4 is 11.6 Å². The van der Waals surface area contributed by atoms with Crippen molar-refractivity contribution < 1.29 is 9.90 Å². The van der Waals surface area contributed by atoms with Crippen molar-refractivity contribution in [2.45, 2.75) is 12.8 Å². The molecule has 3 heteroatoms. The number of allylic oxidation sites excluding steroid dienone is 2. The minimum Gasteiger partial charge on any atom is -0.508 e. The number of carbonyl (C=O) groups is 1. The SMILES string of the molecule is O=C(Nc1cccc(O)c1)C1CC=CC1. The number of anilines is 1. The lowest BCUT2D eigenvalue weighted by Gasteiger charge is -2.10. The van der Waals surface area contributed by atoms with E-state index < -0.39 is 0 Å². The molecule has 0 radical (unpaired) electrons. The summed E-state index contributed by atoms with van der Waals surface area (Å²) < 4.78 is 0. The highest BCUT2D eigenvalue weighted by Crippen LogP contribution is 2.21. The van der Waals surface area contributed by atoms with E-state index in [-0.39, 0.29) is 17.6 Å². The van der Waals surface area contributed by atoms with Gasteiger partial charge in [0.1, 0.15) is 5.75 Å². The third-order valence-electron chi connectivity index (χ3n) is 2.49. The summed E-state index contributed by atoms with van der Waals surface area (Å²) in [7, 11) is 0.